The third-order valence-electron chi connectivity index (χ3n) is 3.76. The van der Waals surface area contributed by atoms with Crippen LogP contribution < -0.4 is 5.32 Å². The van der Waals surface area contributed by atoms with Crippen molar-refractivity contribution < 1.29 is 0 Å². The molecule has 0 spiro atoms. The Morgan fingerprint density at radius 2 is 2.06 bits per heavy atom. The van der Waals surface area contributed by atoms with E-state index in [1.54, 1.807) is 0 Å². The number of hydrogen-bond donors (Lipinski definition) is 1. The summed E-state index contributed by atoms with van der Waals surface area (Å²) in [6.45, 7) is 4.51. The Kier molecular flexibility index (Phi) is 4.32. The van der Waals surface area contributed by atoms with Gasteiger partial charge >= 0.3 is 0 Å². The minimum absolute atomic E-state index is 0.466. The van der Waals surface area contributed by atoms with E-state index in [1.165, 1.54) is 44.9 Å². The number of hydrogen-bond acceptors (Lipinski definition) is 1. The Morgan fingerprint density at radius 3 is 2.71 bits per heavy atom. The molecule has 1 nitrogen and oxygen atoms in total. The summed E-state index contributed by atoms with van der Waals surface area (Å²) in [4.78, 5) is 0. The molecule has 1 aliphatic carbocycles. The Labute approximate surface area is 121 Å². The van der Waals surface area contributed by atoms with Crippen LogP contribution >= 0.6 is 31.9 Å². The van der Waals surface area contributed by atoms with E-state index in [9.17, 15) is 0 Å². The first kappa shape index (κ1) is 13.6. The highest BCUT2D eigenvalue weighted by molar-refractivity contribution is 9.11. The van der Waals surface area contributed by atoms with Gasteiger partial charge in [-0.1, -0.05) is 38.8 Å². The summed E-state index contributed by atoms with van der Waals surface area (Å²) in [5.41, 5.74) is 4.25. The van der Waals surface area contributed by atoms with Crippen molar-refractivity contribution in [3.63, 3.8) is 0 Å². The van der Waals surface area contributed by atoms with E-state index in [1.807, 2.05) is 0 Å². The molecule has 0 aliphatic heterocycles. The van der Waals surface area contributed by atoms with Gasteiger partial charge in [-0.2, -0.15) is 0 Å². The summed E-state index contributed by atoms with van der Waals surface area (Å²) in [6.07, 6.45) is 3.67. The molecule has 0 amide bonds. The van der Waals surface area contributed by atoms with Crippen LogP contribution in [0.15, 0.2) is 15.0 Å². The Hall–Kier alpha value is 0.140. The first-order valence-corrected chi connectivity index (χ1v) is 7.77. The molecule has 0 fully saturated rings. The molecular formula is C14H19Br2N. The molecule has 0 saturated carbocycles. The number of benzene rings is 1. The third kappa shape index (κ3) is 2.61. The highest BCUT2D eigenvalue weighted by Gasteiger charge is 2.25. The largest absolute Gasteiger partial charge is 0.313 e. The second-order valence-electron chi connectivity index (χ2n) is 5.10. The van der Waals surface area contributed by atoms with Crippen LogP contribution in [0, 0.1) is 12.8 Å². The van der Waals surface area contributed by atoms with Crippen molar-refractivity contribution in [1.82, 2.24) is 5.32 Å². The molecule has 3 heteroatoms. The van der Waals surface area contributed by atoms with Crippen molar-refractivity contribution in [3.8, 4) is 0 Å². The van der Waals surface area contributed by atoms with Gasteiger partial charge in [0.25, 0.3) is 0 Å². The zero-order chi connectivity index (χ0) is 12.6. The number of nitrogens with one attached hydrogen (secondary N) is 1. The first-order valence-electron chi connectivity index (χ1n) is 6.19. The predicted molar refractivity (Wildman–Crippen MR) is 80.5 cm³/mol. The fourth-order valence-corrected chi connectivity index (χ4v) is 4.11. The smallest absolute Gasteiger partial charge is 0.0334 e. The van der Waals surface area contributed by atoms with E-state index in [0.717, 1.165) is 5.92 Å². The van der Waals surface area contributed by atoms with Crippen molar-refractivity contribution >= 4 is 31.9 Å². The lowest BCUT2D eigenvalue weighted by Gasteiger charge is -2.22. The molecular weight excluding hydrogens is 342 g/mol. The average Bonchev–Trinajstić information content (AvgIpc) is 2.45. The highest BCUT2D eigenvalue weighted by Crippen LogP contribution is 2.40. The molecule has 1 aromatic rings. The van der Waals surface area contributed by atoms with Crippen LogP contribution in [0.5, 0.6) is 0 Å². The molecule has 1 N–H and O–H groups in total. The molecule has 0 bridgehead atoms. The first-order chi connectivity index (χ1) is 8.04. The summed E-state index contributed by atoms with van der Waals surface area (Å²) >= 11 is 7.50. The number of halogens is 2. The minimum Gasteiger partial charge on any atom is -0.313 e. The maximum atomic E-state index is 3.78. The highest BCUT2D eigenvalue weighted by atomic mass is 79.9. The normalized spacial score (nSPS) is 24.3. The summed E-state index contributed by atoms with van der Waals surface area (Å²) in [7, 11) is 2.06. The molecule has 0 radical (unpaired) electrons. The van der Waals surface area contributed by atoms with Crippen molar-refractivity contribution in [2.24, 2.45) is 5.92 Å². The number of fused-ring (bicyclic) bond motifs is 1. The summed E-state index contributed by atoms with van der Waals surface area (Å²) in [6, 6.07) is 2.69. The van der Waals surface area contributed by atoms with Crippen LogP contribution in [0.3, 0.4) is 0 Å². The van der Waals surface area contributed by atoms with Gasteiger partial charge in [-0.3, -0.25) is 0 Å². The SMILES string of the molecule is CNC1CC(C)CCc2c(Br)cc(C)c(Br)c21. The maximum Gasteiger partial charge on any atom is 0.0334 e. The Morgan fingerprint density at radius 1 is 1.35 bits per heavy atom. The molecule has 0 aromatic heterocycles. The predicted octanol–water partition coefficient (Wildman–Crippen LogP) is 4.75. The topological polar surface area (TPSA) is 12.0 Å². The molecule has 1 aromatic carbocycles. The second kappa shape index (κ2) is 5.41. The van der Waals surface area contributed by atoms with Crippen molar-refractivity contribution in [2.45, 2.75) is 39.2 Å². The van der Waals surface area contributed by atoms with Crippen molar-refractivity contribution in [2.75, 3.05) is 7.05 Å². The lowest BCUT2D eigenvalue weighted by Crippen LogP contribution is -2.19. The molecule has 17 heavy (non-hydrogen) atoms. The van der Waals surface area contributed by atoms with E-state index in [0.29, 0.717) is 6.04 Å². The fourth-order valence-electron chi connectivity index (χ4n) is 2.72. The molecule has 2 unspecified atom stereocenters. The van der Waals surface area contributed by atoms with Crippen LogP contribution in [0.2, 0.25) is 0 Å². The van der Waals surface area contributed by atoms with Gasteiger partial charge in [0.2, 0.25) is 0 Å². The monoisotopic (exact) mass is 359 g/mol. The molecule has 1 aliphatic rings. The molecule has 0 heterocycles. The van der Waals surface area contributed by atoms with Gasteiger partial charge < -0.3 is 5.32 Å². The standard InChI is InChI=1S/C14H19Br2N/c1-8-4-5-10-11(15)7-9(2)14(16)13(10)12(6-8)17-3/h7-8,12,17H,4-6H2,1-3H3. The summed E-state index contributed by atoms with van der Waals surface area (Å²) in [5, 5.41) is 3.47. The summed E-state index contributed by atoms with van der Waals surface area (Å²) < 4.78 is 2.55. The lowest BCUT2D eigenvalue weighted by atomic mass is 9.96. The van der Waals surface area contributed by atoms with E-state index in [-0.39, 0.29) is 0 Å². The number of aryl methyl sites for hydroxylation is 1. The molecule has 94 valence electrons. The van der Waals surface area contributed by atoms with Gasteiger partial charge in [-0.25, -0.2) is 0 Å². The maximum absolute atomic E-state index is 3.78. The van der Waals surface area contributed by atoms with Crippen molar-refractivity contribution in [1.29, 1.82) is 0 Å². The van der Waals surface area contributed by atoms with Gasteiger partial charge in [0.15, 0.2) is 0 Å². The zero-order valence-electron chi connectivity index (χ0n) is 10.6. The van der Waals surface area contributed by atoms with Crippen LogP contribution in [0.1, 0.15) is 42.5 Å². The fraction of sp³-hybridized carbons (Fsp3) is 0.571. The third-order valence-corrected chi connectivity index (χ3v) is 5.52. The number of rotatable bonds is 1. The van der Waals surface area contributed by atoms with E-state index in [2.05, 4.69) is 64.1 Å². The zero-order valence-corrected chi connectivity index (χ0v) is 13.8. The van der Waals surface area contributed by atoms with Crippen molar-refractivity contribution in [3.05, 3.63) is 31.7 Å². The molecule has 2 atom stereocenters. The van der Waals surface area contributed by atoms with Crippen LogP contribution in [0.25, 0.3) is 0 Å². The van der Waals surface area contributed by atoms with Crippen LogP contribution in [-0.2, 0) is 6.42 Å². The summed E-state index contributed by atoms with van der Waals surface area (Å²) in [5.74, 6) is 0.777. The Bertz CT molecular complexity index is 429. The Balaban J connectivity index is 2.59. The minimum atomic E-state index is 0.466. The van der Waals surface area contributed by atoms with E-state index >= 15 is 0 Å². The second-order valence-corrected chi connectivity index (χ2v) is 6.75. The van der Waals surface area contributed by atoms with Gasteiger partial charge in [-0.05, 0) is 61.9 Å². The molecule has 2 rings (SSSR count). The quantitative estimate of drug-likeness (QED) is 0.712. The van der Waals surface area contributed by atoms with Crippen LogP contribution in [0.4, 0.5) is 0 Å². The van der Waals surface area contributed by atoms with Gasteiger partial charge in [0.05, 0.1) is 0 Å². The average molecular weight is 361 g/mol. The molecule has 0 saturated heterocycles. The van der Waals surface area contributed by atoms with Crippen LogP contribution in [-0.4, -0.2) is 7.05 Å². The van der Waals surface area contributed by atoms with Gasteiger partial charge in [0, 0.05) is 15.0 Å². The van der Waals surface area contributed by atoms with Gasteiger partial charge in [-0.15, -0.1) is 0 Å². The van der Waals surface area contributed by atoms with E-state index < -0.39 is 0 Å². The van der Waals surface area contributed by atoms with Gasteiger partial charge in [0.1, 0.15) is 0 Å². The van der Waals surface area contributed by atoms with E-state index in [4.69, 9.17) is 0 Å². The lowest BCUT2D eigenvalue weighted by molar-refractivity contribution is 0.427.